The molecule has 3 heterocycles. The lowest BCUT2D eigenvalue weighted by molar-refractivity contribution is 0.0394. The number of ether oxygens (including phenoxy) is 1. The van der Waals surface area contributed by atoms with Crippen molar-refractivity contribution < 1.29 is 13.5 Å². The zero-order valence-electron chi connectivity index (χ0n) is 26.8. The number of morpholine rings is 1. The van der Waals surface area contributed by atoms with Crippen LogP contribution in [0.5, 0.6) is 0 Å². The van der Waals surface area contributed by atoms with Crippen LogP contribution >= 0.6 is 46.4 Å². The highest BCUT2D eigenvalue weighted by molar-refractivity contribution is 6.36. The minimum absolute atomic E-state index is 0.0273. The van der Waals surface area contributed by atoms with Crippen molar-refractivity contribution in [1.29, 1.82) is 0 Å². The predicted octanol–water partition coefficient (Wildman–Crippen LogP) is 10.6. The van der Waals surface area contributed by atoms with Gasteiger partial charge in [-0.15, -0.1) is 5.10 Å². The molecule has 1 aliphatic heterocycles. The number of benzene rings is 5. The SMILES string of the molecule is Fc1c(Cl)c(-c2ccccc2)cc2c(N(CCN3CCOCC3)c3nn(-c4cc(Cl)cc(Cl)c4)c4c(F)c(Cl)c(-c5ccccc5)cc34)n[nH]c12. The number of aromatic amines is 1. The Morgan fingerprint density at radius 3 is 1.94 bits per heavy atom. The largest absolute Gasteiger partial charge is 0.379 e. The molecule has 2 aromatic heterocycles. The number of fused-ring (bicyclic) bond motifs is 2. The summed E-state index contributed by atoms with van der Waals surface area (Å²) in [5.74, 6) is -0.550. The Balaban J connectivity index is 1.40. The van der Waals surface area contributed by atoms with Crippen LogP contribution in [0.3, 0.4) is 0 Å². The Kier molecular flexibility index (Phi) is 9.35. The quantitative estimate of drug-likeness (QED) is 0.167. The van der Waals surface area contributed by atoms with Gasteiger partial charge in [0, 0.05) is 58.1 Å². The van der Waals surface area contributed by atoms with Crippen molar-refractivity contribution in [2.24, 2.45) is 0 Å². The topological polar surface area (TPSA) is 62.2 Å². The van der Waals surface area contributed by atoms with Gasteiger partial charge >= 0.3 is 0 Å². The molecule has 0 atom stereocenters. The monoisotopic (exact) mass is 762 g/mol. The Morgan fingerprint density at radius 2 is 1.31 bits per heavy atom. The molecule has 0 spiro atoms. The third kappa shape index (κ3) is 6.33. The lowest BCUT2D eigenvalue weighted by atomic mass is 10.0. The van der Waals surface area contributed by atoms with Gasteiger partial charge in [-0.1, -0.05) is 107 Å². The maximum atomic E-state index is 16.8. The minimum Gasteiger partial charge on any atom is -0.379 e. The van der Waals surface area contributed by atoms with Crippen molar-refractivity contribution in [1.82, 2.24) is 24.9 Å². The van der Waals surface area contributed by atoms with Gasteiger partial charge < -0.3 is 9.64 Å². The summed E-state index contributed by atoms with van der Waals surface area (Å²) in [5, 5.41) is 14.1. The van der Waals surface area contributed by atoms with Crippen LogP contribution in [0.2, 0.25) is 20.1 Å². The van der Waals surface area contributed by atoms with Crippen LogP contribution in [-0.4, -0.2) is 64.3 Å². The molecule has 0 saturated carbocycles. The van der Waals surface area contributed by atoms with Crippen LogP contribution in [0.15, 0.2) is 91.0 Å². The summed E-state index contributed by atoms with van der Waals surface area (Å²) in [5.41, 5.74) is 3.13. The fraction of sp³-hybridized carbons (Fsp3) is 0.158. The standard InChI is InChI=1S/C38H28Cl4F2N6O/c39-24-17-25(40)19-26(18-24)50-36-30(21-28(32(42)34(36)44)23-9-5-2-6-10-23)38(47-50)49(12-11-48-13-15-51-16-14-48)37-29-20-27(22-7-3-1-4-8-22)31(41)33(43)35(29)45-46-37/h1-10,17-21H,11-16H2,(H,45,46). The van der Waals surface area contributed by atoms with Gasteiger partial charge in [0.15, 0.2) is 23.3 Å². The molecule has 258 valence electrons. The van der Waals surface area contributed by atoms with Gasteiger partial charge in [0.05, 0.1) is 28.9 Å². The third-order valence-electron chi connectivity index (χ3n) is 9.07. The molecule has 0 unspecified atom stereocenters. The molecular weight excluding hydrogens is 736 g/mol. The Bertz CT molecular complexity index is 2380. The van der Waals surface area contributed by atoms with Gasteiger partial charge in [0.1, 0.15) is 11.0 Å². The second kappa shape index (κ2) is 14.1. The van der Waals surface area contributed by atoms with Crippen LogP contribution in [0.25, 0.3) is 49.7 Å². The first-order valence-corrected chi connectivity index (χ1v) is 17.7. The molecule has 0 aliphatic carbocycles. The predicted molar refractivity (Wildman–Crippen MR) is 202 cm³/mol. The van der Waals surface area contributed by atoms with E-state index in [4.69, 9.17) is 56.2 Å². The second-order valence-corrected chi connectivity index (χ2v) is 13.8. The maximum absolute atomic E-state index is 16.8. The van der Waals surface area contributed by atoms with Gasteiger partial charge in [-0.2, -0.15) is 5.10 Å². The molecular formula is C38H28Cl4F2N6O. The van der Waals surface area contributed by atoms with E-state index in [2.05, 4.69) is 15.1 Å². The van der Waals surface area contributed by atoms with E-state index >= 15 is 8.78 Å². The second-order valence-electron chi connectivity index (χ2n) is 12.2. The first-order chi connectivity index (χ1) is 24.8. The Labute approximate surface area is 311 Å². The number of aromatic nitrogens is 4. The molecule has 7 aromatic rings. The van der Waals surface area contributed by atoms with Crippen LogP contribution in [0.4, 0.5) is 20.4 Å². The van der Waals surface area contributed by atoms with Crippen molar-refractivity contribution in [2.45, 2.75) is 0 Å². The van der Waals surface area contributed by atoms with E-state index in [1.54, 1.807) is 18.2 Å². The number of hydrogen-bond acceptors (Lipinski definition) is 5. The lowest BCUT2D eigenvalue weighted by Gasteiger charge is -2.29. The fourth-order valence-electron chi connectivity index (χ4n) is 6.56. The summed E-state index contributed by atoms with van der Waals surface area (Å²) in [6.45, 7) is 3.61. The lowest BCUT2D eigenvalue weighted by Crippen LogP contribution is -2.40. The highest BCUT2D eigenvalue weighted by atomic mass is 35.5. The zero-order chi connectivity index (χ0) is 35.2. The summed E-state index contributed by atoms with van der Waals surface area (Å²) >= 11 is 26.3. The van der Waals surface area contributed by atoms with Gasteiger partial charge in [-0.3, -0.25) is 10.00 Å². The molecule has 5 aromatic carbocycles. The molecule has 1 N–H and O–H groups in total. The number of nitrogens with zero attached hydrogens (tertiary/aromatic N) is 5. The van der Waals surface area contributed by atoms with E-state index < -0.39 is 11.6 Å². The van der Waals surface area contributed by atoms with Crippen molar-refractivity contribution in [2.75, 3.05) is 44.3 Å². The molecule has 1 saturated heterocycles. The highest BCUT2D eigenvalue weighted by Crippen LogP contribution is 2.44. The molecule has 7 nitrogen and oxygen atoms in total. The molecule has 0 bridgehead atoms. The summed E-state index contributed by atoms with van der Waals surface area (Å²) < 4.78 is 39.9. The average molecular weight is 764 g/mol. The van der Waals surface area contributed by atoms with E-state index in [0.29, 0.717) is 75.6 Å². The Morgan fingerprint density at radius 1 is 0.725 bits per heavy atom. The minimum atomic E-state index is -0.674. The molecule has 0 amide bonds. The number of anilines is 2. The number of nitrogens with one attached hydrogen (secondary N) is 1. The highest BCUT2D eigenvalue weighted by Gasteiger charge is 2.29. The van der Waals surface area contributed by atoms with Gasteiger partial charge in [-0.05, 0) is 41.5 Å². The average Bonchev–Trinajstić information content (AvgIpc) is 3.75. The van der Waals surface area contributed by atoms with Crippen LogP contribution in [-0.2, 0) is 4.74 Å². The number of hydrogen-bond donors (Lipinski definition) is 1. The smallest absolute Gasteiger partial charge is 0.168 e. The molecule has 13 heteroatoms. The number of halogens is 6. The van der Waals surface area contributed by atoms with Crippen LogP contribution in [0.1, 0.15) is 0 Å². The molecule has 1 aliphatic rings. The summed E-state index contributed by atoms with van der Waals surface area (Å²) in [7, 11) is 0. The third-order valence-corrected chi connectivity index (χ3v) is 10.2. The van der Waals surface area contributed by atoms with Crippen molar-refractivity contribution in [3.05, 3.63) is 123 Å². The van der Waals surface area contributed by atoms with E-state index in [-0.39, 0.29) is 21.1 Å². The first kappa shape index (κ1) is 33.9. The summed E-state index contributed by atoms with van der Waals surface area (Å²) in [6.07, 6.45) is 0. The molecule has 1 fully saturated rings. The summed E-state index contributed by atoms with van der Waals surface area (Å²) in [6, 6.07) is 27.2. The van der Waals surface area contributed by atoms with Crippen LogP contribution in [0, 0.1) is 11.6 Å². The van der Waals surface area contributed by atoms with E-state index in [1.165, 1.54) is 4.68 Å². The maximum Gasteiger partial charge on any atom is 0.168 e. The van der Waals surface area contributed by atoms with Crippen molar-refractivity contribution in [3.63, 3.8) is 0 Å². The molecule has 8 rings (SSSR count). The zero-order valence-corrected chi connectivity index (χ0v) is 29.8. The van der Waals surface area contributed by atoms with Gasteiger partial charge in [-0.25, -0.2) is 13.5 Å². The molecule has 51 heavy (non-hydrogen) atoms. The van der Waals surface area contributed by atoms with E-state index in [9.17, 15) is 0 Å². The number of rotatable bonds is 8. The van der Waals surface area contributed by atoms with Crippen LogP contribution < -0.4 is 4.90 Å². The number of H-pyrrole nitrogens is 1. The van der Waals surface area contributed by atoms with Crippen molar-refractivity contribution in [3.8, 4) is 27.9 Å². The van der Waals surface area contributed by atoms with Gasteiger partial charge in [0.25, 0.3) is 0 Å². The van der Waals surface area contributed by atoms with Crippen molar-refractivity contribution >= 4 is 79.8 Å². The Hall–Kier alpha value is -4.22. The van der Waals surface area contributed by atoms with Gasteiger partial charge in [0.2, 0.25) is 0 Å². The fourth-order valence-corrected chi connectivity index (χ4v) is 7.59. The summed E-state index contributed by atoms with van der Waals surface area (Å²) in [4.78, 5) is 4.14. The normalized spacial score (nSPS) is 13.8. The molecule has 0 radical (unpaired) electrons. The van der Waals surface area contributed by atoms with E-state index in [1.807, 2.05) is 77.7 Å². The first-order valence-electron chi connectivity index (χ1n) is 16.2. The van der Waals surface area contributed by atoms with E-state index in [0.717, 1.165) is 24.2 Å².